The first kappa shape index (κ1) is 17.3. The van der Waals surface area contributed by atoms with Crippen molar-refractivity contribution in [1.29, 1.82) is 0 Å². The molecule has 0 bridgehead atoms. The summed E-state index contributed by atoms with van der Waals surface area (Å²) in [5, 5.41) is 12.0. The predicted molar refractivity (Wildman–Crippen MR) is 78.5 cm³/mol. The van der Waals surface area contributed by atoms with Gasteiger partial charge in [-0.3, -0.25) is 0 Å². The molecule has 5 nitrogen and oxygen atoms in total. The molecule has 0 aliphatic rings. The number of halogens is 5. The molecule has 1 aromatic heterocycles. The van der Waals surface area contributed by atoms with Crippen molar-refractivity contribution >= 4 is 40.7 Å². The molecule has 0 saturated carbocycles. The van der Waals surface area contributed by atoms with Gasteiger partial charge in [-0.2, -0.15) is 13.2 Å². The normalized spacial score (nSPS) is 11.4. The van der Waals surface area contributed by atoms with E-state index < -0.39 is 23.7 Å². The number of carboxylic acids is 1. The van der Waals surface area contributed by atoms with Gasteiger partial charge in [0, 0.05) is 11.3 Å². The second-order valence-electron chi connectivity index (χ2n) is 4.43. The highest BCUT2D eigenvalue weighted by atomic mass is 35.5. The molecule has 0 amide bonds. The van der Waals surface area contributed by atoms with Gasteiger partial charge in [0.15, 0.2) is 5.69 Å². The Kier molecular flexibility index (Phi) is 4.67. The number of carbonyl (C=O) groups is 1. The maximum atomic E-state index is 12.8. The Labute approximate surface area is 138 Å². The number of anilines is 2. The molecule has 2 aromatic rings. The number of nitrogens with zero attached hydrogens (tertiary/aromatic N) is 2. The number of nitrogens with one attached hydrogen (secondary N) is 1. The number of alkyl halides is 3. The Morgan fingerprint density at radius 2 is 1.87 bits per heavy atom. The van der Waals surface area contributed by atoms with Crippen LogP contribution in [0.25, 0.3) is 0 Å². The fourth-order valence-corrected chi connectivity index (χ4v) is 1.98. The number of aromatic carboxylic acids is 1. The lowest BCUT2D eigenvalue weighted by Gasteiger charge is -2.14. The van der Waals surface area contributed by atoms with E-state index in [2.05, 4.69) is 15.3 Å². The smallest absolute Gasteiger partial charge is 0.451 e. The summed E-state index contributed by atoms with van der Waals surface area (Å²) >= 11 is 11.6. The SMILES string of the molecule is Cc1c(Nc2ccc(Cl)c(Cl)c2)nc(C(F)(F)F)nc1C(=O)O. The molecule has 1 aromatic carbocycles. The fourth-order valence-electron chi connectivity index (χ4n) is 1.68. The summed E-state index contributed by atoms with van der Waals surface area (Å²) in [5.74, 6) is -3.43. The van der Waals surface area contributed by atoms with Crippen LogP contribution in [-0.2, 0) is 6.18 Å². The van der Waals surface area contributed by atoms with Crippen molar-refractivity contribution < 1.29 is 23.1 Å². The zero-order valence-corrected chi connectivity index (χ0v) is 12.9. The average molecular weight is 366 g/mol. The van der Waals surface area contributed by atoms with Crippen LogP contribution in [0, 0.1) is 6.92 Å². The van der Waals surface area contributed by atoms with Crippen molar-refractivity contribution in [2.45, 2.75) is 13.1 Å². The maximum absolute atomic E-state index is 12.8. The van der Waals surface area contributed by atoms with Gasteiger partial charge in [0.1, 0.15) is 5.82 Å². The topological polar surface area (TPSA) is 75.1 Å². The van der Waals surface area contributed by atoms with Gasteiger partial charge in [-0.25, -0.2) is 14.8 Å². The van der Waals surface area contributed by atoms with Gasteiger partial charge in [-0.15, -0.1) is 0 Å². The quantitative estimate of drug-likeness (QED) is 0.834. The van der Waals surface area contributed by atoms with Crippen LogP contribution in [0.2, 0.25) is 10.0 Å². The minimum absolute atomic E-state index is 0.0448. The minimum Gasteiger partial charge on any atom is -0.476 e. The van der Waals surface area contributed by atoms with Crippen molar-refractivity contribution in [3.05, 3.63) is 45.3 Å². The van der Waals surface area contributed by atoms with E-state index >= 15 is 0 Å². The molecule has 0 atom stereocenters. The number of carboxylic acid groups (broad SMARTS) is 1. The molecule has 2 N–H and O–H groups in total. The molecular formula is C13H8Cl2F3N3O2. The van der Waals surface area contributed by atoms with E-state index in [4.69, 9.17) is 28.3 Å². The van der Waals surface area contributed by atoms with Crippen LogP contribution in [-0.4, -0.2) is 21.0 Å². The Morgan fingerprint density at radius 3 is 2.39 bits per heavy atom. The lowest BCUT2D eigenvalue weighted by molar-refractivity contribution is -0.144. The number of rotatable bonds is 3. The minimum atomic E-state index is -4.88. The summed E-state index contributed by atoms with van der Waals surface area (Å²) < 4.78 is 38.4. The highest BCUT2D eigenvalue weighted by Gasteiger charge is 2.36. The van der Waals surface area contributed by atoms with Crippen molar-refractivity contribution in [3.63, 3.8) is 0 Å². The highest BCUT2D eigenvalue weighted by molar-refractivity contribution is 6.42. The van der Waals surface area contributed by atoms with Gasteiger partial charge in [0.25, 0.3) is 0 Å². The third-order valence-corrected chi connectivity index (χ3v) is 3.52. The zero-order chi connectivity index (χ0) is 17.4. The molecular weight excluding hydrogens is 358 g/mol. The summed E-state index contributed by atoms with van der Waals surface area (Å²) in [4.78, 5) is 17.5. The highest BCUT2D eigenvalue weighted by Crippen LogP contribution is 2.31. The summed E-state index contributed by atoms with van der Waals surface area (Å²) in [7, 11) is 0. The van der Waals surface area contributed by atoms with E-state index in [0.29, 0.717) is 5.69 Å². The van der Waals surface area contributed by atoms with Crippen LogP contribution in [0.15, 0.2) is 18.2 Å². The van der Waals surface area contributed by atoms with Crippen LogP contribution in [0.1, 0.15) is 21.9 Å². The van der Waals surface area contributed by atoms with Gasteiger partial charge in [-0.05, 0) is 25.1 Å². The van der Waals surface area contributed by atoms with Gasteiger partial charge >= 0.3 is 12.1 Å². The molecule has 0 aliphatic heterocycles. The first-order valence-corrected chi connectivity index (χ1v) is 6.76. The molecule has 122 valence electrons. The molecule has 1 heterocycles. The molecule has 0 fully saturated rings. The lowest BCUT2D eigenvalue weighted by atomic mass is 10.2. The average Bonchev–Trinajstić information content (AvgIpc) is 2.43. The molecule has 10 heteroatoms. The van der Waals surface area contributed by atoms with Crippen molar-refractivity contribution in [3.8, 4) is 0 Å². The fraction of sp³-hybridized carbons (Fsp3) is 0.154. The Morgan fingerprint density at radius 1 is 1.22 bits per heavy atom. The van der Waals surface area contributed by atoms with Crippen molar-refractivity contribution in [1.82, 2.24) is 9.97 Å². The van der Waals surface area contributed by atoms with Gasteiger partial charge < -0.3 is 10.4 Å². The van der Waals surface area contributed by atoms with E-state index in [1.165, 1.54) is 25.1 Å². The Hall–Kier alpha value is -2.06. The summed E-state index contributed by atoms with van der Waals surface area (Å²) in [6.07, 6.45) is -4.88. The number of hydrogen-bond acceptors (Lipinski definition) is 4. The van der Waals surface area contributed by atoms with Crippen LogP contribution in [0.4, 0.5) is 24.7 Å². The molecule has 0 spiro atoms. The molecule has 2 rings (SSSR count). The Balaban J connectivity index is 2.54. The number of benzene rings is 1. The molecule has 0 aliphatic carbocycles. The van der Waals surface area contributed by atoms with E-state index in [1.54, 1.807) is 0 Å². The predicted octanol–water partition coefficient (Wildman–Crippen LogP) is 4.55. The van der Waals surface area contributed by atoms with E-state index in [0.717, 1.165) is 0 Å². The van der Waals surface area contributed by atoms with E-state index in [9.17, 15) is 18.0 Å². The van der Waals surface area contributed by atoms with Crippen molar-refractivity contribution in [2.75, 3.05) is 5.32 Å². The van der Waals surface area contributed by atoms with Gasteiger partial charge in [0.2, 0.25) is 5.82 Å². The number of aromatic nitrogens is 2. The van der Waals surface area contributed by atoms with Crippen molar-refractivity contribution in [2.24, 2.45) is 0 Å². The maximum Gasteiger partial charge on any atom is 0.451 e. The second-order valence-corrected chi connectivity index (χ2v) is 5.24. The molecule has 0 radical (unpaired) electrons. The summed E-state index contributed by atoms with van der Waals surface area (Å²) in [6, 6.07) is 4.27. The van der Waals surface area contributed by atoms with Gasteiger partial charge in [0.05, 0.1) is 10.0 Å². The van der Waals surface area contributed by atoms with Crippen LogP contribution in [0.3, 0.4) is 0 Å². The van der Waals surface area contributed by atoms with Crippen LogP contribution >= 0.6 is 23.2 Å². The first-order chi connectivity index (χ1) is 10.6. The third kappa shape index (κ3) is 3.83. The zero-order valence-electron chi connectivity index (χ0n) is 11.4. The van der Waals surface area contributed by atoms with Gasteiger partial charge in [-0.1, -0.05) is 23.2 Å². The molecule has 23 heavy (non-hydrogen) atoms. The second kappa shape index (κ2) is 6.21. The Bertz CT molecular complexity index is 782. The van der Waals surface area contributed by atoms with E-state index in [1.807, 2.05) is 0 Å². The molecule has 0 unspecified atom stereocenters. The summed E-state index contributed by atoms with van der Waals surface area (Å²) in [5.41, 5.74) is -0.489. The first-order valence-electron chi connectivity index (χ1n) is 6.01. The van der Waals surface area contributed by atoms with Crippen LogP contribution in [0.5, 0.6) is 0 Å². The standard InChI is InChI=1S/C13H8Cl2F3N3O2/c1-5-9(11(22)23)20-12(13(16,17)18)21-10(5)19-6-2-3-7(14)8(15)4-6/h2-4H,1H3,(H,22,23)(H,19,20,21). The molecule has 0 saturated heterocycles. The number of hydrogen-bond donors (Lipinski definition) is 2. The lowest BCUT2D eigenvalue weighted by Crippen LogP contribution is -2.17. The largest absolute Gasteiger partial charge is 0.476 e. The van der Waals surface area contributed by atoms with Crippen LogP contribution < -0.4 is 5.32 Å². The monoisotopic (exact) mass is 365 g/mol. The third-order valence-electron chi connectivity index (χ3n) is 2.78. The van der Waals surface area contributed by atoms with E-state index in [-0.39, 0.29) is 21.4 Å². The summed E-state index contributed by atoms with van der Waals surface area (Å²) in [6.45, 7) is 1.30.